The highest BCUT2D eigenvalue weighted by molar-refractivity contribution is 7.51. The first-order valence-electron chi connectivity index (χ1n) is 4.12. The molecule has 0 aromatic rings. The average Bonchev–Trinajstić information content (AvgIpc) is 1.99. The van der Waals surface area contributed by atoms with Gasteiger partial charge in [-0.15, -0.1) is 9.24 Å². The van der Waals surface area contributed by atoms with E-state index in [4.69, 9.17) is 14.9 Å². The SMILES string of the molecule is CN(CP)CN(CC(=O)O)CP(=O)(O)O. The zero-order valence-corrected chi connectivity index (χ0v) is 10.5. The van der Waals surface area contributed by atoms with Crippen molar-refractivity contribution in [2.45, 2.75) is 0 Å². The normalized spacial score (nSPS) is 12.4. The molecule has 0 radical (unpaired) electrons. The van der Waals surface area contributed by atoms with Crippen molar-refractivity contribution < 1.29 is 24.3 Å². The van der Waals surface area contributed by atoms with Crippen LogP contribution >= 0.6 is 16.8 Å². The second-order valence-corrected chi connectivity index (χ2v) is 5.19. The van der Waals surface area contributed by atoms with E-state index in [9.17, 15) is 9.36 Å². The molecule has 0 saturated heterocycles. The Kier molecular flexibility index (Phi) is 6.52. The minimum absolute atomic E-state index is 0.195. The van der Waals surface area contributed by atoms with Crippen LogP contribution in [0.5, 0.6) is 0 Å². The van der Waals surface area contributed by atoms with E-state index in [2.05, 4.69) is 9.24 Å². The maximum Gasteiger partial charge on any atom is 0.339 e. The Morgan fingerprint density at radius 1 is 1.47 bits per heavy atom. The molecule has 0 spiro atoms. The summed E-state index contributed by atoms with van der Waals surface area (Å²) in [5.41, 5.74) is 0. The molecule has 0 aliphatic rings. The van der Waals surface area contributed by atoms with Gasteiger partial charge in [0, 0.05) is 6.29 Å². The summed E-state index contributed by atoms with van der Waals surface area (Å²) in [5.74, 6) is -1.11. The molecule has 0 fully saturated rings. The molecule has 0 heterocycles. The molecule has 0 rings (SSSR count). The van der Waals surface area contributed by atoms with Crippen LogP contribution in [0.3, 0.4) is 0 Å². The van der Waals surface area contributed by atoms with Crippen LogP contribution in [0.4, 0.5) is 0 Å². The summed E-state index contributed by atoms with van der Waals surface area (Å²) in [7, 11) is -0.0536. The lowest BCUT2D eigenvalue weighted by atomic mass is 10.6. The molecule has 0 bridgehead atoms. The van der Waals surface area contributed by atoms with Crippen LogP contribution in [0, 0.1) is 0 Å². The number of carboxylic acid groups (broad SMARTS) is 1. The lowest BCUT2D eigenvalue weighted by Gasteiger charge is -2.25. The van der Waals surface area contributed by atoms with Gasteiger partial charge in [-0.1, -0.05) is 0 Å². The van der Waals surface area contributed by atoms with Crippen LogP contribution < -0.4 is 0 Å². The van der Waals surface area contributed by atoms with E-state index in [1.807, 2.05) is 0 Å². The maximum atomic E-state index is 10.7. The Morgan fingerprint density at radius 3 is 2.33 bits per heavy atom. The number of rotatable bonds is 7. The number of hydrogen-bond acceptors (Lipinski definition) is 4. The van der Waals surface area contributed by atoms with Gasteiger partial charge in [0.2, 0.25) is 0 Å². The lowest BCUT2D eigenvalue weighted by Crippen LogP contribution is -2.38. The molecule has 1 unspecified atom stereocenters. The third kappa shape index (κ3) is 8.93. The fraction of sp³-hybridized carbons (Fsp3) is 0.833. The van der Waals surface area contributed by atoms with E-state index in [-0.39, 0.29) is 13.2 Å². The largest absolute Gasteiger partial charge is 0.480 e. The van der Waals surface area contributed by atoms with E-state index in [1.54, 1.807) is 11.9 Å². The molecule has 90 valence electrons. The molecular weight excluding hydrogens is 242 g/mol. The van der Waals surface area contributed by atoms with Gasteiger partial charge < -0.3 is 14.9 Å². The van der Waals surface area contributed by atoms with Crippen molar-refractivity contribution in [2.75, 3.05) is 32.8 Å². The van der Waals surface area contributed by atoms with Crippen molar-refractivity contribution >= 4 is 22.8 Å². The number of aliphatic carboxylic acids is 1. The second-order valence-electron chi connectivity index (χ2n) is 3.21. The fourth-order valence-corrected chi connectivity index (χ4v) is 1.82. The zero-order chi connectivity index (χ0) is 12.1. The standard InChI is InChI=1S/C6H16N2O5P2/c1-7(4-14)3-8(2-6(9)10)5-15(11,12)13/h2-5,14H2,1H3,(H,9,10)(H2,11,12,13). The molecule has 0 saturated carbocycles. The van der Waals surface area contributed by atoms with E-state index in [1.165, 1.54) is 4.90 Å². The molecule has 9 heteroatoms. The monoisotopic (exact) mass is 258 g/mol. The van der Waals surface area contributed by atoms with Crippen molar-refractivity contribution in [3.63, 3.8) is 0 Å². The van der Waals surface area contributed by atoms with Gasteiger partial charge in [-0.3, -0.25) is 19.2 Å². The third-order valence-electron chi connectivity index (χ3n) is 1.50. The molecule has 0 amide bonds. The van der Waals surface area contributed by atoms with Gasteiger partial charge in [0.15, 0.2) is 0 Å². The van der Waals surface area contributed by atoms with Crippen LogP contribution in [0.25, 0.3) is 0 Å². The predicted molar refractivity (Wildman–Crippen MR) is 58.5 cm³/mol. The summed E-state index contributed by atoms with van der Waals surface area (Å²) >= 11 is 0. The van der Waals surface area contributed by atoms with Crippen LogP contribution in [-0.2, 0) is 9.36 Å². The van der Waals surface area contributed by atoms with Gasteiger partial charge in [0.05, 0.1) is 13.2 Å². The Bertz CT molecular complexity index is 256. The van der Waals surface area contributed by atoms with Crippen molar-refractivity contribution in [3.05, 3.63) is 0 Å². The average molecular weight is 258 g/mol. The van der Waals surface area contributed by atoms with Crippen molar-refractivity contribution in [3.8, 4) is 0 Å². The van der Waals surface area contributed by atoms with E-state index < -0.39 is 19.9 Å². The minimum Gasteiger partial charge on any atom is -0.480 e. The van der Waals surface area contributed by atoms with E-state index in [0.717, 1.165) is 0 Å². The molecule has 0 aromatic carbocycles. The van der Waals surface area contributed by atoms with Crippen LogP contribution in [0.1, 0.15) is 0 Å². The Hall–Kier alpha value is -0.0300. The number of carboxylic acids is 1. The van der Waals surface area contributed by atoms with Crippen molar-refractivity contribution in [1.29, 1.82) is 0 Å². The highest BCUT2D eigenvalue weighted by Gasteiger charge is 2.21. The highest BCUT2D eigenvalue weighted by atomic mass is 31.2. The lowest BCUT2D eigenvalue weighted by molar-refractivity contribution is -0.138. The second kappa shape index (κ2) is 6.53. The topological polar surface area (TPSA) is 101 Å². The quantitative estimate of drug-likeness (QED) is 0.407. The van der Waals surface area contributed by atoms with Crippen molar-refractivity contribution in [2.24, 2.45) is 0 Å². The molecule has 1 atom stereocenters. The zero-order valence-electron chi connectivity index (χ0n) is 8.41. The first-order chi connectivity index (χ1) is 6.74. The van der Waals surface area contributed by atoms with E-state index in [0.29, 0.717) is 6.29 Å². The van der Waals surface area contributed by atoms with Gasteiger partial charge in [0.1, 0.15) is 6.29 Å². The Balaban J connectivity index is 4.31. The smallest absolute Gasteiger partial charge is 0.339 e. The Morgan fingerprint density at radius 2 is 2.00 bits per heavy atom. The molecule has 0 aliphatic carbocycles. The van der Waals surface area contributed by atoms with Crippen molar-refractivity contribution in [1.82, 2.24) is 9.80 Å². The van der Waals surface area contributed by atoms with E-state index >= 15 is 0 Å². The van der Waals surface area contributed by atoms with Crippen LogP contribution in [-0.4, -0.2) is 63.5 Å². The molecule has 15 heavy (non-hydrogen) atoms. The van der Waals surface area contributed by atoms with Crippen LogP contribution in [0.15, 0.2) is 0 Å². The summed E-state index contributed by atoms with van der Waals surface area (Å²) in [6.07, 6.45) is 0.0472. The summed E-state index contributed by atoms with van der Waals surface area (Å²) in [6, 6.07) is 0. The number of nitrogens with zero attached hydrogens (tertiary/aromatic N) is 2. The number of carbonyl (C=O) groups is 1. The minimum atomic E-state index is -4.22. The maximum absolute atomic E-state index is 10.7. The summed E-state index contributed by atoms with van der Waals surface area (Å²) in [4.78, 5) is 30.8. The highest BCUT2D eigenvalue weighted by Crippen LogP contribution is 2.34. The van der Waals surface area contributed by atoms with Crippen LogP contribution in [0.2, 0.25) is 0 Å². The summed E-state index contributed by atoms with van der Waals surface area (Å²) < 4.78 is 10.7. The molecule has 7 nitrogen and oxygen atoms in total. The first kappa shape index (κ1) is 15.0. The van der Waals surface area contributed by atoms with Gasteiger partial charge in [-0.2, -0.15) is 0 Å². The number of hydrogen-bond donors (Lipinski definition) is 3. The van der Waals surface area contributed by atoms with Gasteiger partial charge >= 0.3 is 13.6 Å². The Labute approximate surface area is 90.4 Å². The molecule has 3 N–H and O–H groups in total. The van der Waals surface area contributed by atoms with Gasteiger partial charge in [0.25, 0.3) is 0 Å². The molecule has 0 aliphatic heterocycles. The van der Waals surface area contributed by atoms with Gasteiger partial charge in [-0.05, 0) is 7.05 Å². The summed E-state index contributed by atoms with van der Waals surface area (Å²) in [6.45, 7) is -0.193. The first-order valence-corrected chi connectivity index (χ1v) is 6.73. The summed E-state index contributed by atoms with van der Waals surface area (Å²) in [5, 5.41) is 8.55. The third-order valence-corrected chi connectivity index (χ3v) is 2.89. The predicted octanol–water partition coefficient (Wildman–Crippen LogP) is -0.770. The molecule has 0 aromatic heterocycles. The fourth-order valence-electron chi connectivity index (χ4n) is 0.996. The van der Waals surface area contributed by atoms with Gasteiger partial charge in [-0.25, -0.2) is 0 Å². The molecular formula is C6H16N2O5P2.